The molecule has 0 bridgehead atoms. The van der Waals surface area contributed by atoms with Crippen LogP contribution in [0.4, 0.5) is 5.69 Å². The molecule has 0 atom stereocenters. The summed E-state index contributed by atoms with van der Waals surface area (Å²) in [6.07, 6.45) is 1.83. The fourth-order valence-electron chi connectivity index (χ4n) is 2.20. The van der Waals surface area contributed by atoms with Crippen molar-refractivity contribution in [2.45, 2.75) is 6.54 Å². The zero-order valence-electron chi connectivity index (χ0n) is 10.7. The van der Waals surface area contributed by atoms with Gasteiger partial charge in [0.1, 0.15) is 0 Å². The van der Waals surface area contributed by atoms with Crippen LogP contribution < -0.4 is 4.90 Å². The summed E-state index contributed by atoms with van der Waals surface area (Å²) >= 11 is 0. The first-order valence-corrected chi connectivity index (χ1v) is 6.21. The third-order valence-corrected chi connectivity index (χ3v) is 3.33. The maximum absolute atomic E-state index is 12.4. The quantitative estimate of drug-likeness (QED) is 0.806. The highest BCUT2D eigenvalue weighted by Gasteiger charge is 2.15. The van der Waals surface area contributed by atoms with Gasteiger partial charge >= 0.3 is 0 Å². The summed E-state index contributed by atoms with van der Waals surface area (Å²) in [5, 5.41) is 0. The molecule has 0 fully saturated rings. The number of rotatable bonds is 2. The molecule has 0 spiro atoms. The SMILES string of the molecule is CN(C(=O)c1ccc2c(c1)C=NC2)c1ccccc1. The fraction of sp³-hybridized carbons (Fsp3) is 0.125. The summed E-state index contributed by atoms with van der Waals surface area (Å²) in [5.41, 5.74) is 3.81. The van der Waals surface area contributed by atoms with Crippen LogP contribution in [0, 0.1) is 0 Å². The molecular formula is C16H14N2O. The van der Waals surface area contributed by atoms with Gasteiger partial charge in [0.15, 0.2) is 0 Å². The second kappa shape index (κ2) is 4.69. The molecule has 1 aliphatic rings. The van der Waals surface area contributed by atoms with Crippen LogP contribution in [0.3, 0.4) is 0 Å². The maximum atomic E-state index is 12.4. The van der Waals surface area contributed by atoms with Crippen molar-refractivity contribution in [3.05, 3.63) is 65.2 Å². The van der Waals surface area contributed by atoms with Crippen LogP contribution in [0.15, 0.2) is 53.5 Å². The number of hydrogen-bond donors (Lipinski definition) is 0. The predicted octanol–water partition coefficient (Wildman–Crippen LogP) is 2.90. The van der Waals surface area contributed by atoms with Crippen molar-refractivity contribution in [2.75, 3.05) is 11.9 Å². The molecule has 2 aromatic rings. The van der Waals surface area contributed by atoms with Crippen molar-refractivity contribution in [1.29, 1.82) is 0 Å². The van der Waals surface area contributed by atoms with E-state index < -0.39 is 0 Å². The first-order chi connectivity index (χ1) is 9.25. The molecule has 1 amide bonds. The average Bonchev–Trinajstić information content (AvgIpc) is 2.94. The van der Waals surface area contributed by atoms with Crippen LogP contribution in [0.25, 0.3) is 0 Å². The first kappa shape index (κ1) is 11.7. The van der Waals surface area contributed by atoms with Gasteiger partial charge in [-0.25, -0.2) is 0 Å². The molecule has 0 aromatic heterocycles. The second-order valence-electron chi connectivity index (χ2n) is 4.58. The highest BCUT2D eigenvalue weighted by atomic mass is 16.2. The Bertz CT molecular complexity index is 647. The molecule has 0 saturated carbocycles. The topological polar surface area (TPSA) is 32.7 Å². The van der Waals surface area contributed by atoms with E-state index in [4.69, 9.17) is 0 Å². The largest absolute Gasteiger partial charge is 0.311 e. The number of hydrogen-bond acceptors (Lipinski definition) is 2. The summed E-state index contributed by atoms with van der Waals surface area (Å²) in [7, 11) is 1.79. The second-order valence-corrected chi connectivity index (χ2v) is 4.58. The van der Waals surface area contributed by atoms with Crippen LogP contribution in [0.1, 0.15) is 21.5 Å². The van der Waals surface area contributed by atoms with Gasteiger partial charge < -0.3 is 4.90 Å². The highest BCUT2D eigenvalue weighted by molar-refractivity contribution is 6.06. The van der Waals surface area contributed by atoms with Crippen LogP contribution in [-0.2, 0) is 6.54 Å². The normalized spacial score (nSPS) is 12.3. The Morgan fingerprint density at radius 2 is 1.95 bits per heavy atom. The van der Waals surface area contributed by atoms with Gasteiger partial charge in [-0.15, -0.1) is 0 Å². The lowest BCUT2D eigenvalue weighted by molar-refractivity contribution is 0.0993. The monoisotopic (exact) mass is 250 g/mol. The molecule has 94 valence electrons. The van der Waals surface area contributed by atoms with E-state index in [-0.39, 0.29) is 5.91 Å². The molecule has 3 heteroatoms. The van der Waals surface area contributed by atoms with Gasteiger partial charge in [-0.3, -0.25) is 9.79 Å². The highest BCUT2D eigenvalue weighted by Crippen LogP contribution is 2.19. The molecule has 19 heavy (non-hydrogen) atoms. The number of benzene rings is 2. The van der Waals surface area contributed by atoms with E-state index >= 15 is 0 Å². The minimum atomic E-state index is -0.00528. The summed E-state index contributed by atoms with van der Waals surface area (Å²) in [6.45, 7) is 0.721. The Morgan fingerprint density at radius 3 is 2.74 bits per heavy atom. The van der Waals surface area contributed by atoms with Crippen LogP contribution >= 0.6 is 0 Å². The summed E-state index contributed by atoms with van der Waals surface area (Å²) < 4.78 is 0. The minimum absolute atomic E-state index is 0.00528. The third-order valence-electron chi connectivity index (χ3n) is 3.33. The van der Waals surface area contributed by atoms with Crippen molar-refractivity contribution < 1.29 is 4.79 Å². The number of amides is 1. The number of fused-ring (bicyclic) bond motifs is 1. The molecule has 3 nitrogen and oxygen atoms in total. The van der Waals surface area contributed by atoms with Crippen LogP contribution in [0.5, 0.6) is 0 Å². The Balaban J connectivity index is 1.90. The van der Waals surface area contributed by atoms with Crippen molar-refractivity contribution in [2.24, 2.45) is 4.99 Å². The Hall–Kier alpha value is -2.42. The van der Waals surface area contributed by atoms with Crippen molar-refractivity contribution >= 4 is 17.8 Å². The number of nitrogens with zero attached hydrogens (tertiary/aromatic N) is 2. The number of anilines is 1. The van der Waals surface area contributed by atoms with Gasteiger partial charge in [-0.1, -0.05) is 24.3 Å². The van der Waals surface area contributed by atoms with Crippen molar-refractivity contribution in [1.82, 2.24) is 0 Å². The smallest absolute Gasteiger partial charge is 0.258 e. The summed E-state index contributed by atoms with van der Waals surface area (Å²) in [5.74, 6) is -0.00528. The van der Waals surface area contributed by atoms with Crippen LogP contribution in [0.2, 0.25) is 0 Å². The van der Waals surface area contributed by atoms with E-state index in [1.165, 1.54) is 5.56 Å². The van der Waals surface area contributed by atoms with Gasteiger partial charge in [0.25, 0.3) is 5.91 Å². The van der Waals surface area contributed by atoms with E-state index in [0.29, 0.717) is 5.56 Å². The minimum Gasteiger partial charge on any atom is -0.311 e. The molecule has 1 aliphatic heterocycles. The lowest BCUT2D eigenvalue weighted by atomic mass is 10.1. The molecule has 0 aliphatic carbocycles. The lowest BCUT2D eigenvalue weighted by Crippen LogP contribution is -2.26. The van der Waals surface area contributed by atoms with Crippen molar-refractivity contribution in [3.63, 3.8) is 0 Å². The number of aliphatic imine (C=N–C) groups is 1. The fourth-order valence-corrected chi connectivity index (χ4v) is 2.20. The zero-order valence-corrected chi connectivity index (χ0v) is 10.7. The molecule has 0 radical (unpaired) electrons. The van der Waals surface area contributed by atoms with E-state index in [2.05, 4.69) is 4.99 Å². The Labute approximate surface area is 112 Å². The Morgan fingerprint density at radius 1 is 1.16 bits per heavy atom. The standard InChI is InChI=1S/C16H14N2O/c1-18(15-5-3-2-4-6-15)16(19)12-7-8-13-10-17-11-14(13)9-12/h2-9,11H,10H2,1H3. The third kappa shape index (κ3) is 2.15. The predicted molar refractivity (Wildman–Crippen MR) is 76.9 cm³/mol. The van der Waals surface area contributed by atoms with Crippen LogP contribution in [-0.4, -0.2) is 19.2 Å². The number of para-hydroxylation sites is 1. The van der Waals surface area contributed by atoms with Gasteiger partial charge in [0.2, 0.25) is 0 Å². The van der Waals surface area contributed by atoms with Gasteiger partial charge in [0.05, 0.1) is 6.54 Å². The molecule has 0 saturated heterocycles. The molecule has 3 rings (SSSR count). The average molecular weight is 250 g/mol. The Kier molecular flexibility index (Phi) is 2.88. The zero-order chi connectivity index (χ0) is 13.2. The number of carbonyl (C=O) groups is 1. The molecule has 0 unspecified atom stereocenters. The molecule has 0 N–H and O–H groups in total. The van der Waals surface area contributed by atoms with E-state index in [9.17, 15) is 4.79 Å². The van der Waals surface area contributed by atoms with Gasteiger partial charge in [-0.2, -0.15) is 0 Å². The van der Waals surface area contributed by atoms with Gasteiger partial charge in [-0.05, 0) is 35.4 Å². The molecule has 1 heterocycles. The number of carbonyl (C=O) groups excluding carboxylic acids is 1. The lowest BCUT2D eigenvalue weighted by Gasteiger charge is -2.17. The van der Waals surface area contributed by atoms with Gasteiger partial charge in [0, 0.05) is 24.5 Å². The summed E-state index contributed by atoms with van der Waals surface area (Å²) in [4.78, 5) is 18.3. The van der Waals surface area contributed by atoms with Crippen molar-refractivity contribution in [3.8, 4) is 0 Å². The van der Waals surface area contributed by atoms with E-state index in [1.54, 1.807) is 11.9 Å². The van der Waals surface area contributed by atoms with E-state index in [0.717, 1.165) is 17.8 Å². The molecular weight excluding hydrogens is 236 g/mol. The summed E-state index contributed by atoms with van der Waals surface area (Å²) in [6, 6.07) is 15.4. The molecule has 2 aromatic carbocycles. The first-order valence-electron chi connectivity index (χ1n) is 6.21. The maximum Gasteiger partial charge on any atom is 0.258 e. The van der Waals surface area contributed by atoms with E-state index in [1.807, 2.05) is 54.7 Å².